The van der Waals surface area contributed by atoms with E-state index in [2.05, 4.69) is 61.9 Å². The molecule has 3 heterocycles. The molecule has 0 radical (unpaired) electrons. The molecule has 0 saturated heterocycles. The maximum atomic E-state index is 13.2. The van der Waals surface area contributed by atoms with Gasteiger partial charge in [0.2, 0.25) is 0 Å². The fourth-order valence-corrected chi connectivity index (χ4v) is 4.24. The molecule has 1 aliphatic heterocycles. The molecule has 4 aromatic rings. The topological polar surface area (TPSA) is 35.6 Å². The number of rotatable bonds is 1. The lowest BCUT2D eigenvalue weighted by atomic mass is 10.1. The van der Waals surface area contributed by atoms with E-state index in [1.807, 2.05) is 4.68 Å². The predicted octanol–water partition coefficient (Wildman–Crippen LogP) is 4.97. The third-order valence-electron chi connectivity index (χ3n) is 4.75. The minimum Gasteiger partial charge on any atom is -0.340 e. The van der Waals surface area contributed by atoms with Crippen molar-refractivity contribution in [1.82, 2.24) is 19.3 Å². The summed E-state index contributed by atoms with van der Waals surface area (Å²) in [5.74, 6) is 0.575. The smallest absolute Gasteiger partial charge is 0.179 e. The number of hydrogen-bond acceptors (Lipinski definition) is 2. The van der Waals surface area contributed by atoms with Gasteiger partial charge >= 0.3 is 0 Å². The number of benzene rings is 2. The zero-order chi connectivity index (χ0) is 17.8. The van der Waals surface area contributed by atoms with Gasteiger partial charge in [0, 0.05) is 22.8 Å². The van der Waals surface area contributed by atoms with Crippen molar-refractivity contribution in [3.63, 3.8) is 0 Å². The molecule has 0 fully saturated rings. The van der Waals surface area contributed by atoms with Crippen molar-refractivity contribution < 1.29 is 4.39 Å². The van der Waals surface area contributed by atoms with Crippen molar-refractivity contribution in [3.8, 4) is 28.3 Å². The third kappa shape index (κ3) is 2.33. The number of aromatic nitrogens is 4. The Hall–Kier alpha value is -2.73. The van der Waals surface area contributed by atoms with E-state index in [4.69, 9.17) is 0 Å². The van der Waals surface area contributed by atoms with Gasteiger partial charge < -0.3 is 4.57 Å². The molecular formula is C20H14BrFN4. The van der Waals surface area contributed by atoms with Gasteiger partial charge in [-0.15, -0.1) is 0 Å². The number of halogens is 2. The monoisotopic (exact) mass is 408 g/mol. The second-order valence-corrected chi connectivity index (χ2v) is 7.39. The second kappa shape index (κ2) is 5.64. The van der Waals surface area contributed by atoms with E-state index in [-0.39, 0.29) is 5.82 Å². The van der Waals surface area contributed by atoms with Crippen molar-refractivity contribution in [2.75, 3.05) is 0 Å². The average Bonchev–Trinajstić information content (AvgIpc) is 3.20. The van der Waals surface area contributed by atoms with Gasteiger partial charge in [-0.2, -0.15) is 5.10 Å². The molecule has 0 saturated carbocycles. The van der Waals surface area contributed by atoms with Crippen LogP contribution in [0.4, 0.5) is 4.39 Å². The molecule has 1 aliphatic rings. The number of nitrogens with zero attached hydrogens (tertiary/aromatic N) is 4. The lowest BCUT2D eigenvalue weighted by molar-refractivity contribution is 0.628. The van der Waals surface area contributed by atoms with Crippen molar-refractivity contribution in [2.24, 2.45) is 0 Å². The van der Waals surface area contributed by atoms with E-state index in [0.717, 1.165) is 44.9 Å². The van der Waals surface area contributed by atoms with Crippen LogP contribution in [0.5, 0.6) is 0 Å². The summed E-state index contributed by atoms with van der Waals surface area (Å²) in [6.07, 6.45) is 3.67. The zero-order valence-corrected chi connectivity index (χ0v) is 15.5. The Kier molecular flexibility index (Phi) is 3.37. The van der Waals surface area contributed by atoms with Gasteiger partial charge in [0.05, 0.1) is 11.4 Å². The van der Waals surface area contributed by atoms with E-state index in [1.54, 1.807) is 18.5 Å². The summed E-state index contributed by atoms with van der Waals surface area (Å²) in [5, 5.41) is 4.47. The van der Waals surface area contributed by atoms with Crippen LogP contribution in [0.25, 0.3) is 28.3 Å². The normalized spacial score (nSPS) is 12.3. The summed E-state index contributed by atoms with van der Waals surface area (Å²) in [4.78, 5) is 4.50. The second-order valence-electron chi connectivity index (χ2n) is 6.47. The SMILES string of the molecule is Cc1cc(Br)cc2c1-n1ncnc1-c1cc(-c3ccc(F)cc3)cn1C2. The highest BCUT2D eigenvalue weighted by atomic mass is 79.9. The van der Waals surface area contributed by atoms with Gasteiger partial charge in [0.1, 0.15) is 12.1 Å². The maximum Gasteiger partial charge on any atom is 0.179 e. The summed E-state index contributed by atoms with van der Waals surface area (Å²) in [7, 11) is 0. The molecule has 0 unspecified atom stereocenters. The van der Waals surface area contributed by atoms with E-state index in [1.165, 1.54) is 17.7 Å². The van der Waals surface area contributed by atoms with E-state index in [9.17, 15) is 4.39 Å². The van der Waals surface area contributed by atoms with Crippen molar-refractivity contribution in [3.05, 3.63) is 76.4 Å². The fraction of sp³-hybridized carbons (Fsp3) is 0.100. The van der Waals surface area contributed by atoms with Crippen LogP contribution in [0.1, 0.15) is 11.1 Å². The highest BCUT2D eigenvalue weighted by molar-refractivity contribution is 9.10. The van der Waals surface area contributed by atoms with Gasteiger partial charge in [-0.1, -0.05) is 28.1 Å². The Morgan fingerprint density at radius 3 is 2.69 bits per heavy atom. The summed E-state index contributed by atoms with van der Waals surface area (Å²) >= 11 is 3.60. The number of hydrogen-bond donors (Lipinski definition) is 0. The molecule has 0 spiro atoms. The van der Waals surface area contributed by atoms with Crippen LogP contribution in [0, 0.1) is 12.7 Å². The molecule has 2 aromatic carbocycles. The Labute approximate surface area is 158 Å². The van der Waals surface area contributed by atoms with Crippen LogP contribution in [0.3, 0.4) is 0 Å². The molecular weight excluding hydrogens is 395 g/mol. The number of aryl methyl sites for hydroxylation is 1. The Balaban J connectivity index is 1.73. The Morgan fingerprint density at radius 2 is 1.88 bits per heavy atom. The van der Waals surface area contributed by atoms with Crippen LogP contribution >= 0.6 is 15.9 Å². The van der Waals surface area contributed by atoms with Crippen molar-refractivity contribution >= 4 is 15.9 Å². The first-order valence-electron chi connectivity index (χ1n) is 8.26. The summed E-state index contributed by atoms with van der Waals surface area (Å²) in [6, 6.07) is 12.9. The first-order valence-corrected chi connectivity index (χ1v) is 9.05. The van der Waals surface area contributed by atoms with Crippen molar-refractivity contribution in [1.29, 1.82) is 0 Å². The minimum atomic E-state index is -0.233. The van der Waals surface area contributed by atoms with E-state index in [0.29, 0.717) is 0 Å². The van der Waals surface area contributed by atoms with Crippen molar-refractivity contribution in [2.45, 2.75) is 13.5 Å². The first kappa shape index (κ1) is 15.5. The van der Waals surface area contributed by atoms with Gasteiger partial charge in [-0.3, -0.25) is 0 Å². The van der Waals surface area contributed by atoms with Gasteiger partial charge in [0.25, 0.3) is 0 Å². The summed E-state index contributed by atoms with van der Waals surface area (Å²) in [6.45, 7) is 2.80. The maximum absolute atomic E-state index is 13.2. The van der Waals surface area contributed by atoms with Crippen LogP contribution in [-0.2, 0) is 6.54 Å². The predicted molar refractivity (Wildman–Crippen MR) is 102 cm³/mol. The Bertz CT molecular complexity index is 1140. The molecule has 128 valence electrons. The molecule has 4 nitrogen and oxygen atoms in total. The molecule has 6 heteroatoms. The highest BCUT2D eigenvalue weighted by Crippen LogP contribution is 2.35. The molecule has 5 rings (SSSR count). The molecule has 0 bridgehead atoms. The van der Waals surface area contributed by atoms with Crippen LogP contribution in [0.15, 0.2) is 59.5 Å². The van der Waals surface area contributed by atoms with E-state index >= 15 is 0 Å². The van der Waals surface area contributed by atoms with Crippen LogP contribution in [-0.4, -0.2) is 19.3 Å². The summed E-state index contributed by atoms with van der Waals surface area (Å²) < 4.78 is 18.4. The highest BCUT2D eigenvalue weighted by Gasteiger charge is 2.23. The van der Waals surface area contributed by atoms with Gasteiger partial charge in [-0.05, 0) is 53.9 Å². The third-order valence-corrected chi connectivity index (χ3v) is 5.21. The molecule has 0 aliphatic carbocycles. The Morgan fingerprint density at radius 1 is 1.08 bits per heavy atom. The lowest BCUT2D eigenvalue weighted by Crippen LogP contribution is -2.04. The molecule has 0 N–H and O–H groups in total. The van der Waals surface area contributed by atoms with Crippen LogP contribution in [0.2, 0.25) is 0 Å². The lowest BCUT2D eigenvalue weighted by Gasteiger charge is -2.12. The van der Waals surface area contributed by atoms with Gasteiger partial charge in [0.15, 0.2) is 5.82 Å². The van der Waals surface area contributed by atoms with Gasteiger partial charge in [-0.25, -0.2) is 14.1 Å². The molecule has 0 amide bonds. The largest absolute Gasteiger partial charge is 0.340 e. The first-order chi connectivity index (χ1) is 12.6. The molecule has 26 heavy (non-hydrogen) atoms. The minimum absolute atomic E-state index is 0.233. The zero-order valence-electron chi connectivity index (χ0n) is 13.9. The average molecular weight is 409 g/mol. The summed E-state index contributed by atoms with van der Waals surface area (Å²) in [5.41, 5.74) is 6.39. The standard InChI is InChI=1S/C20H14BrFN4/c1-12-6-16(21)7-15-10-25-9-14(13-2-4-17(22)5-3-13)8-18(25)20-23-11-24-26(20)19(12)15/h2-9,11H,10H2,1H3. The fourth-order valence-electron chi connectivity index (χ4n) is 3.62. The number of fused-ring (bicyclic) bond motifs is 5. The molecule has 0 atom stereocenters. The van der Waals surface area contributed by atoms with E-state index < -0.39 is 0 Å². The van der Waals surface area contributed by atoms with Crippen LogP contribution < -0.4 is 0 Å². The molecule has 2 aromatic heterocycles. The quantitative estimate of drug-likeness (QED) is 0.392.